The van der Waals surface area contributed by atoms with Crippen LogP contribution in [0.2, 0.25) is 0 Å². The fraction of sp³-hybridized carbons (Fsp3) is 0.500. The quantitative estimate of drug-likeness (QED) is 0.676. The highest BCUT2D eigenvalue weighted by Crippen LogP contribution is 2.28. The van der Waals surface area contributed by atoms with E-state index in [4.69, 9.17) is 5.11 Å². The van der Waals surface area contributed by atoms with Crippen LogP contribution in [-0.4, -0.2) is 29.1 Å². The van der Waals surface area contributed by atoms with Crippen molar-refractivity contribution < 1.29 is 14.8 Å². The molecule has 0 bridgehead atoms. The lowest BCUT2D eigenvalue weighted by Gasteiger charge is -2.33. The summed E-state index contributed by atoms with van der Waals surface area (Å²) in [6.45, 7) is 3.29. The van der Waals surface area contributed by atoms with Gasteiger partial charge in [0, 0.05) is 37.3 Å². The lowest BCUT2D eigenvalue weighted by Crippen LogP contribution is -2.36. The molecule has 1 atom stereocenters. The van der Waals surface area contributed by atoms with Crippen molar-refractivity contribution in [3.05, 3.63) is 33.9 Å². The number of aryl methyl sites for hydroxylation is 1. The number of rotatable bonds is 4. The normalized spacial score (nSPS) is 18.9. The van der Waals surface area contributed by atoms with Gasteiger partial charge in [0.15, 0.2) is 0 Å². The van der Waals surface area contributed by atoms with Crippen molar-refractivity contribution in [1.82, 2.24) is 0 Å². The molecule has 20 heavy (non-hydrogen) atoms. The Labute approximate surface area is 117 Å². The van der Waals surface area contributed by atoms with Gasteiger partial charge >= 0.3 is 5.97 Å². The number of nitro benzene ring substituents is 1. The molecular formula is C14H18N2O4. The summed E-state index contributed by atoms with van der Waals surface area (Å²) in [7, 11) is 0. The molecule has 1 heterocycles. The Hall–Kier alpha value is -2.11. The van der Waals surface area contributed by atoms with E-state index < -0.39 is 10.9 Å². The molecule has 0 spiro atoms. The third-order valence-corrected chi connectivity index (χ3v) is 3.61. The molecule has 0 saturated carbocycles. The number of carboxylic acid groups (broad SMARTS) is 1. The van der Waals surface area contributed by atoms with E-state index in [1.165, 1.54) is 0 Å². The maximum Gasteiger partial charge on any atom is 0.303 e. The maximum atomic E-state index is 10.9. The number of benzene rings is 1. The molecule has 1 aromatic carbocycles. The van der Waals surface area contributed by atoms with Crippen molar-refractivity contribution in [3.8, 4) is 0 Å². The SMILES string of the molecule is Cc1cc(N2CCCC(CC(=O)O)C2)cc([N+](=O)[O-])c1. The van der Waals surface area contributed by atoms with Gasteiger partial charge in [-0.05, 0) is 37.3 Å². The Morgan fingerprint density at radius 1 is 1.50 bits per heavy atom. The molecule has 1 N–H and O–H groups in total. The average Bonchev–Trinajstić information content (AvgIpc) is 2.37. The van der Waals surface area contributed by atoms with Crippen LogP contribution in [0.4, 0.5) is 11.4 Å². The lowest BCUT2D eigenvalue weighted by atomic mass is 9.94. The summed E-state index contributed by atoms with van der Waals surface area (Å²) < 4.78 is 0. The second-order valence-electron chi connectivity index (χ2n) is 5.34. The number of nitro groups is 1. The predicted molar refractivity (Wildman–Crippen MR) is 75.0 cm³/mol. The molecule has 1 aliphatic rings. The Kier molecular flexibility index (Phi) is 4.22. The van der Waals surface area contributed by atoms with Crippen LogP contribution in [0.5, 0.6) is 0 Å². The molecule has 108 valence electrons. The highest BCUT2D eigenvalue weighted by Gasteiger charge is 2.23. The van der Waals surface area contributed by atoms with Crippen LogP contribution in [0.15, 0.2) is 18.2 Å². The van der Waals surface area contributed by atoms with Gasteiger partial charge in [-0.3, -0.25) is 14.9 Å². The van der Waals surface area contributed by atoms with E-state index in [1.54, 1.807) is 12.1 Å². The standard InChI is InChI=1S/C14H18N2O4/c1-10-5-12(8-13(6-10)16(19)20)15-4-2-3-11(9-15)7-14(17)18/h5-6,8,11H,2-4,7,9H2,1H3,(H,17,18). The number of aliphatic carboxylic acids is 1. The van der Waals surface area contributed by atoms with Crippen LogP contribution in [0, 0.1) is 23.0 Å². The summed E-state index contributed by atoms with van der Waals surface area (Å²) >= 11 is 0. The van der Waals surface area contributed by atoms with Crippen LogP contribution >= 0.6 is 0 Å². The minimum atomic E-state index is -0.785. The van der Waals surface area contributed by atoms with Gasteiger partial charge in [0.25, 0.3) is 5.69 Å². The number of anilines is 1. The molecule has 1 unspecified atom stereocenters. The van der Waals surface area contributed by atoms with Crippen LogP contribution < -0.4 is 4.90 Å². The van der Waals surface area contributed by atoms with Gasteiger partial charge in [-0.15, -0.1) is 0 Å². The average molecular weight is 278 g/mol. The summed E-state index contributed by atoms with van der Waals surface area (Å²) in [5.74, 6) is -0.673. The lowest BCUT2D eigenvalue weighted by molar-refractivity contribution is -0.384. The number of hydrogen-bond acceptors (Lipinski definition) is 4. The number of hydrogen-bond donors (Lipinski definition) is 1. The minimum absolute atomic E-state index is 0.0837. The molecule has 6 nitrogen and oxygen atoms in total. The molecule has 1 aliphatic heterocycles. The van der Waals surface area contributed by atoms with E-state index in [0.717, 1.165) is 30.6 Å². The van der Waals surface area contributed by atoms with Crippen LogP contribution in [0.3, 0.4) is 0 Å². The first-order chi connectivity index (χ1) is 9.45. The predicted octanol–water partition coefficient (Wildman–Crippen LogP) is 2.59. The Bertz CT molecular complexity index is 530. The first kappa shape index (κ1) is 14.3. The largest absolute Gasteiger partial charge is 0.481 e. The maximum absolute atomic E-state index is 10.9. The summed E-state index contributed by atoms with van der Waals surface area (Å²) in [5, 5.41) is 19.8. The van der Waals surface area contributed by atoms with E-state index in [2.05, 4.69) is 4.90 Å². The molecule has 1 saturated heterocycles. The Morgan fingerprint density at radius 2 is 2.25 bits per heavy atom. The van der Waals surface area contributed by atoms with Crippen molar-refractivity contribution in [2.45, 2.75) is 26.2 Å². The van der Waals surface area contributed by atoms with Gasteiger partial charge in [0.2, 0.25) is 0 Å². The molecular weight excluding hydrogens is 260 g/mol. The van der Waals surface area contributed by atoms with E-state index in [-0.39, 0.29) is 18.0 Å². The zero-order valence-corrected chi connectivity index (χ0v) is 11.4. The molecule has 0 amide bonds. The van der Waals surface area contributed by atoms with Gasteiger partial charge in [-0.1, -0.05) is 0 Å². The van der Waals surface area contributed by atoms with E-state index >= 15 is 0 Å². The third kappa shape index (κ3) is 3.46. The van der Waals surface area contributed by atoms with Gasteiger partial charge in [-0.25, -0.2) is 0 Å². The van der Waals surface area contributed by atoms with E-state index in [0.29, 0.717) is 6.54 Å². The first-order valence-electron chi connectivity index (χ1n) is 6.68. The molecule has 0 aromatic heterocycles. The monoisotopic (exact) mass is 278 g/mol. The zero-order chi connectivity index (χ0) is 14.7. The number of nitrogens with zero attached hydrogens (tertiary/aromatic N) is 2. The molecule has 0 radical (unpaired) electrons. The van der Waals surface area contributed by atoms with Crippen molar-refractivity contribution >= 4 is 17.3 Å². The third-order valence-electron chi connectivity index (χ3n) is 3.61. The van der Waals surface area contributed by atoms with Gasteiger partial charge in [0.05, 0.1) is 4.92 Å². The molecule has 1 aromatic rings. The van der Waals surface area contributed by atoms with Crippen molar-refractivity contribution in [1.29, 1.82) is 0 Å². The highest BCUT2D eigenvalue weighted by atomic mass is 16.6. The van der Waals surface area contributed by atoms with Crippen LogP contribution in [0.25, 0.3) is 0 Å². The van der Waals surface area contributed by atoms with Crippen molar-refractivity contribution in [3.63, 3.8) is 0 Å². The Balaban J connectivity index is 2.18. The number of carbonyl (C=O) groups is 1. The topological polar surface area (TPSA) is 83.7 Å². The van der Waals surface area contributed by atoms with E-state index in [1.807, 2.05) is 13.0 Å². The van der Waals surface area contributed by atoms with Crippen molar-refractivity contribution in [2.75, 3.05) is 18.0 Å². The van der Waals surface area contributed by atoms with Crippen LogP contribution in [-0.2, 0) is 4.79 Å². The van der Waals surface area contributed by atoms with Gasteiger partial charge in [0.1, 0.15) is 0 Å². The smallest absolute Gasteiger partial charge is 0.303 e. The minimum Gasteiger partial charge on any atom is -0.481 e. The second-order valence-corrected chi connectivity index (χ2v) is 5.34. The number of piperidine rings is 1. The summed E-state index contributed by atoms with van der Waals surface area (Å²) in [4.78, 5) is 23.4. The second kappa shape index (κ2) is 5.90. The summed E-state index contributed by atoms with van der Waals surface area (Å²) in [6, 6.07) is 5.02. The highest BCUT2D eigenvalue weighted by molar-refractivity contribution is 5.67. The molecule has 1 fully saturated rings. The van der Waals surface area contributed by atoms with Crippen LogP contribution in [0.1, 0.15) is 24.8 Å². The van der Waals surface area contributed by atoms with Crippen molar-refractivity contribution in [2.24, 2.45) is 5.92 Å². The molecule has 2 rings (SSSR count). The Morgan fingerprint density at radius 3 is 2.90 bits per heavy atom. The summed E-state index contributed by atoms with van der Waals surface area (Å²) in [5.41, 5.74) is 1.74. The fourth-order valence-electron chi connectivity index (χ4n) is 2.74. The first-order valence-corrected chi connectivity index (χ1v) is 6.68. The fourth-order valence-corrected chi connectivity index (χ4v) is 2.74. The number of carboxylic acids is 1. The van der Waals surface area contributed by atoms with Gasteiger partial charge in [-0.2, -0.15) is 0 Å². The van der Waals surface area contributed by atoms with Gasteiger partial charge < -0.3 is 10.0 Å². The zero-order valence-electron chi connectivity index (χ0n) is 11.4. The molecule has 6 heteroatoms. The number of non-ortho nitro benzene ring substituents is 1. The summed E-state index contributed by atoms with van der Waals surface area (Å²) in [6.07, 6.45) is 1.97. The molecule has 0 aliphatic carbocycles. The van der Waals surface area contributed by atoms with E-state index in [9.17, 15) is 14.9 Å².